The van der Waals surface area contributed by atoms with Gasteiger partial charge in [-0.2, -0.15) is 0 Å². The molecule has 0 unspecified atom stereocenters. The molecule has 3 nitrogen and oxygen atoms in total. The maximum absolute atomic E-state index is 12.2. The molecule has 0 fully saturated rings. The zero-order valence-corrected chi connectivity index (χ0v) is 12.7. The van der Waals surface area contributed by atoms with E-state index >= 15 is 0 Å². The SMILES string of the molecule is CCCc1ccc(S(=O)(=O)Nc2cccc(Cl)c2)cc1. The second-order valence-electron chi connectivity index (χ2n) is 4.51. The highest BCUT2D eigenvalue weighted by atomic mass is 35.5. The van der Waals surface area contributed by atoms with Crippen molar-refractivity contribution in [3.05, 3.63) is 59.1 Å². The number of sulfonamides is 1. The quantitative estimate of drug-likeness (QED) is 0.904. The Morgan fingerprint density at radius 2 is 1.80 bits per heavy atom. The number of aryl methyl sites for hydroxylation is 1. The minimum absolute atomic E-state index is 0.248. The Labute approximate surface area is 124 Å². The van der Waals surface area contributed by atoms with Crippen molar-refractivity contribution in [3.8, 4) is 0 Å². The number of anilines is 1. The van der Waals surface area contributed by atoms with Crippen LogP contribution < -0.4 is 4.72 Å². The van der Waals surface area contributed by atoms with Gasteiger partial charge >= 0.3 is 0 Å². The van der Waals surface area contributed by atoms with Crippen LogP contribution >= 0.6 is 11.6 Å². The second kappa shape index (κ2) is 6.29. The number of hydrogen-bond donors (Lipinski definition) is 1. The number of benzene rings is 2. The van der Waals surface area contributed by atoms with Crippen LogP contribution in [-0.4, -0.2) is 8.42 Å². The molecule has 2 rings (SSSR count). The maximum atomic E-state index is 12.2. The van der Waals surface area contributed by atoms with Gasteiger partial charge in [0.15, 0.2) is 0 Å². The first-order valence-corrected chi connectivity index (χ1v) is 8.25. The molecule has 0 saturated carbocycles. The van der Waals surface area contributed by atoms with Crippen molar-refractivity contribution in [1.82, 2.24) is 0 Å². The van der Waals surface area contributed by atoms with E-state index in [0.29, 0.717) is 10.7 Å². The summed E-state index contributed by atoms with van der Waals surface area (Å²) in [5, 5.41) is 0.489. The second-order valence-corrected chi connectivity index (χ2v) is 6.63. The highest BCUT2D eigenvalue weighted by Crippen LogP contribution is 2.20. The largest absolute Gasteiger partial charge is 0.280 e. The zero-order valence-electron chi connectivity index (χ0n) is 11.1. The van der Waals surface area contributed by atoms with Gasteiger partial charge in [-0.1, -0.05) is 43.1 Å². The Hall–Kier alpha value is -1.52. The third kappa shape index (κ3) is 3.74. The molecule has 0 saturated heterocycles. The van der Waals surface area contributed by atoms with Crippen molar-refractivity contribution in [2.24, 2.45) is 0 Å². The van der Waals surface area contributed by atoms with Gasteiger partial charge < -0.3 is 0 Å². The molecule has 20 heavy (non-hydrogen) atoms. The van der Waals surface area contributed by atoms with Gasteiger partial charge in [-0.3, -0.25) is 4.72 Å². The van der Waals surface area contributed by atoms with Gasteiger partial charge in [0.25, 0.3) is 10.0 Å². The van der Waals surface area contributed by atoms with Gasteiger partial charge in [-0.05, 0) is 42.3 Å². The minimum Gasteiger partial charge on any atom is -0.280 e. The van der Waals surface area contributed by atoms with E-state index in [-0.39, 0.29) is 4.90 Å². The molecule has 1 N–H and O–H groups in total. The summed E-state index contributed by atoms with van der Waals surface area (Å²) in [6.45, 7) is 2.09. The summed E-state index contributed by atoms with van der Waals surface area (Å²) in [4.78, 5) is 0.248. The molecule has 0 aliphatic rings. The summed E-state index contributed by atoms with van der Waals surface area (Å²) in [6, 6.07) is 13.6. The molecule has 106 valence electrons. The number of hydrogen-bond acceptors (Lipinski definition) is 2. The molecule has 0 radical (unpaired) electrons. The van der Waals surface area contributed by atoms with Crippen LogP contribution in [0.15, 0.2) is 53.4 Å². The fourth-order valence-corrected chi connectivity index (χ4v) is 3.13. The fourth-order valence-electron chi connectivity index (χ4n) is 1.89. The van der Waals surface area contributed by atoms with Crippen LogP contribution in [0.3, 0.4) is 0 Å². The van der Waals surface area contributed by atoms with E-state index < -0.39 is 10.0 Å². The molecular formula is C15H16ClNO2S. The topological polar surface area (TPSA) is 46.2 Å². The monoisotopic (exact) mass is 309 g/mol. The van der Waals surface area contributed by atoms with Crippen LogP contribution in [0.2, 0.25) is 5.02 Å². The molecule has 0 aromatic heterocycles. The van der Waals surface area contributed by atoms with Crippen LogP contribution in [0.25, 0.3) is 0 Å². The fraction of sp³-hybridized carbons (Fsp3) is 0.200. The van der Waals surface area contributed by atoms with Gasteiger partial charge in [-0.15, -0.1) is 0 Å². The average molecular weight is 310 g/mol. The number of nitrogens with one attached hydrogen (secondary N) is 1. The third-order valence-electron chi connectivity index (χ3n) is 2.85. The Morgan fingerprint density at radius 3 is 2.40 bits per heavy atom. The van der Waals surface area contributed by atoms with E-state index in [1.165, 1.54) is 0 Å². The molecule has 0 amide bonds. The van der Waals surface area contributed by atoms with E-state index in [0.717, 1.165) is 18.4 Å². The summed E-state index contributed by atoms with van der Waals surface area (Å²) in [7, 11) is -3.57. The highest BCUT2D eigenvalue weighted by Gasteiger charge is 2.13. The predicted molar refractivity (Wildman–Crippen MR) is 82.7 cm³/mol. The van der Waals surface area contributed by atoms with Gasteiger partial charge in [-0.25, -0.2) is 8.42 Å². The van der Waals surface area contributed by atoms with E-state index in [9.17, 15) is 8.42 Å². The van der Waals surface area contributed by atoms with Gasteiger partial charge in [0.1, 0.15) is 0 Å². The molecular weight excluding hydrogens is 294 g/mol. The van der Waals surface area contributed by atoms with Gasteiger partial charge in [0, 0.05) is 5.02 Å². The van der Waals surface area contributed by atoms with E-state index in [1.807, 2.05) is 12.1 Å². The lowest BCUT2D eigenvalue weighted by Gasteiger charge is -2.09. The molecule has 2 aromatic rings. The Morgan fingerprint density at radius 1 is 1.10 bits per heavy atom. The average Bonchev–Trinajstić information content (AvgIpc) is 2.39. The number of rotatable bonds is 5. The van der Waals surface area contributed by atoms with Crippen LogP contribution in [0.5, 0.6) is 0 Å². The lowest BCUT2D eigenvalue weighted by atomic mass is 10.1. The predicted octanol–water partition coefficient (Wildman–Crippen LogP) is 4.09. The van der Waals surface area contributed by atoms with E-state index in [4.69, 9.17) is 11.6 Å². The summed E-state index contributed by atoms with van der Waals surface area (Å²) < 4.78 is 27.0. The molecule has 0 spiro atoms. The first kappa shape index (κ1) is 14.9. The standard InChI is InChI=1S/C15H16ClNO2S/c1-2-4-12-7-9-15(10-8-12)20(18,19)17-14-6-3-5-13(16)11-14/h3,5-11,17H,2,4H2,1H3. The number of halogens is 1. The highest BCUT2D eigenvalue weighted by molar-refractivity contribution is 7.92. The van der Waals surface area contributed by atoms with Crippen LogP contribution in [0.1, 0.15) is 18.9 Å². The van der Waals surface area contributed by atoms with Crippen molar-refractivity contribution in [2.45, 2.75) is 24.7 Å². The zero-order chi connectivity index (χ0) is 14.6. The molecule has 0 atom stereocenters. The normalized spacial score (nSPS) is 11.3. The minimum atomic E-state index is -3.57. The van der Waals surface area contributed by atoms with Crippen molar-refractivity contribution in [2.75, 3.05) is 4.72 Å². The van der Waals surface area contributed by atoms with E-state index in [1.54, 1.807) is 36.4 Å². The van der Waals surface area contributed by atoms with Crippen LogP contribution in [0.4, 0.5) is 5.69 Å². The molecule has 0 heterocycles. The summed E-state index contributed by atoms with van der Waals surface area (Å²) in [5.41, 5.74) is 1.59. The molecule has 0 aliphatic carbocycles. The molecule has 0 aliphatic heterocycles. The first-order chi connectivity index (χ1) is 9.51. The van der Waals surface area contributed by atoms with Gasteiger partial charge in [0.2, 0.25) is 0 Å². The molecule has 2 aromatic carbocycles. The van der Waals surface area contributed by atoms with Crippen LogP contribution in [0, 0.1) is 0 Å². The Bertz CT molecular complexity index is 681. The Kier molecular flexibility index (Phi) is 4.68. The third-order valence-corrected chi connectivity index (χ3v) is 4.48. The summed E-state index contributed by atoms with van der Waals surface area (Å²) in [6.07, 6.45) is 1.98. The molecule has 5 heteroatoms. The maximum Gasteiger partial charge on any atom is 0.261 e. The smallest absolute Gasteiger partial charge is 0.261 e. The molecule has 0 bridgehead atoms. The van der Waals surface area contributed by atoms with Crippen molar-refractivity contribution in [3.63, 3.8) is 0 Å². The lowest BCUT2D eigenvalue weighted by molar-refractivity contribution is 0.601. The lowest BCUT2D eigenvalue weighted by Crippen LogP contribution is -2.12. The van der Waals surface area contributed by atoms with Crippen LogP contribution in [-0.2, 0) is 16.4 Å². The summed E-state index contributed by atoms with van der Waals surface area (Å²) >= 11 is 5.84. The van der Waals surface area contributed by atoms with Crippen molar-refractivity contribution >= 4 is 27.3 Å². The van der Waals surface area contributed by atoms with Crippen molar-refractivity contribution in [1.29, 1.82) is 0 Å². The first-order valence-electron chi connectivity index (χ1n) is 6.38. The van der Waals surface area contributed by atoms with Gasteiger partial charge in [0.05, 0.1) is 10.6 Å². The summed E-state index contributed by atoms with van der Waals surface area (Å²) in [5.74, 6) is 0. The Balaban J connectivity index is 2.21. The van der Waals surface area contributed by atoms with E-state index in [2.05, 4.69) is 11.6 Å². The van der Waals surface area contributed by atoms with Crippen molar-refractivity contribution < 1.29 is 8.42 Å².